The SMILES string of the molecule is COc1ccccc1N(CC(=O)N1CC(C)CC(C)C1)S(=O)(=O)c1ccc(F)cc1. The molecule has 1 aliphatic rings. The van der Waals surface area contributed by atoms with E-state index in [9.17, 15) is 17.6 Å². The zero-order valence-corrected chi connectivity index (χ0v) is 18.2. The largest absolute Gasteiger partial charge is 0.495 e. The van der Waals surface area contributed by atoms with Crippen molar-refractivity contribution >= 4 is 21.6 Å². The summed E-state index contributed by atoms with van der Waals surface area (Å²) in [6.07, 6.45) is 1.04. The number of methoxy groups -OCH3 is 1. The van der Waals surface area contributed by atoms with Crippen LogP contribution in [0.25, 0.3) is 0 Å². The average molecular weight is 435 g/mol. The molecular formula is C22H27FN2O4S. The molecule has 30 heavy (non-hydrogen) atoms. The van der Waals surface area contributed by atoms with Crippen molar-refractivity contribution in [1.29, 1.82) is 0 Å². The Labute approximate surface area is 177 Å². The number of anilines is 1. The quantitative estimate of drug-likeness (QED) is 0.698. The summed E-state index contributed by atoms with van der Waals surface area (Å²) in [5.41, 5.74) is 0.260. The third kappa shape index (κ3) is 4.75. The summed E-state index contributed by atoms with van der Waals surface area (Å²) in [6, 6.07) is 11.2. The molecule has 0 N–H and O–H groups in total. The lowest BCUT2D eigenvalue weighted by molar-refractivity contribution is -0.132. The first-order valence-electron chi connectivity index (χ1n) is 9.91. The maximum Gasteiger partial charge on any atom is 0.264 e. The Morgan fingerprint density at radius 3 is 2.30 bits per heavy atom. The molecule has 2 unspecified atom stereocenters. The predicted octanol–water partition coefficient (Wildman–Crippen LogP) is 3.53. The van der Waals surface area contributed by atoms with E-state index in [4.69, 9.17) is 4.74 Å². The van der Waals surface area contributed by atoms with Crippen LogP contribution in [0.5, 0.6) is 5.75 Å². The number of amides is 1. The number of ether oxygens (including phenoxy) is 1. The minimum atomic E-state index is -4.13. The fourth-order valence-electron chi connectivity index (χ4n) is 3.96. The van der Waals surface area contributed by atoms with Gasteiger partial charge in [0.2, 0.25) is 5.91 Å². The van der Waals surface area contributed by atoms with Crippen LogP contribution in [0.1, 0.15) is 20.3 Å². The standard InChI is InChI=1S/C22H27FN2O4S/c1-16-12-17(2)14-24(13-16)22(26)15-25(20-6-4-5-7-21(20)29-3)30(27,28)19-10-8-18(23)9-11-19/h4-11,16-17H,12-15H2,1-3H3. The van der Waals surface area contributed by atoms with Crippen molar-refractivity contribution in [2.24, 2.45) is 11.8 Å². The molecule has 0 saturated carbocycles. The van der Waals surface area contributed by atoms with Crippen LogP contribution < -0.4 is 9.04 Å². The van der Waals surface area contributed by atoms with Gasteiger partial charge in [-0.1, -0.05) is 26.0 Å². The lowest BCUT2D eigenvalue weighted by atomic mass is 9.92. The van der Waals surface area contributed by atoms with Crippen LogP contribution in [-0.4, -0.2) is 46.0 Å². The van der Waals surface area contributed by atoms with E-state index in [2.05, 4.69) is 13.8 Å². The van der Waals surface area contributed by atoms with Gasteiger partial charge in [0, 0.05) is 13.1 Å². The first-order chi connectivity index (χ1) is 14.2. The third-order valence-electron chi connectivity index (χ3n) is 5.26. The van der Waals surface area contributed by atoms with E-state index in [1.807, 2.05) is 0 Å². The molecule has 1 amide bonds. The molecule has 6 nitrogen and oxygen atoms in total. The Kier molecular flexibility index (Phi) is 6.65. The molecule has 0 aliphatic carbocycles. The lowest BCUT2D eigenvalue weighted by Crippen LogP contribution is -2.48. The van der Waals surface area contributed by atoms with Gasteiger partial charge in [0.15, 0.2) is 0 Å². The number of hydrogen-bond acceptors (Lipinski definition) is 4. The van der Waals surface area contributed by atoms with Gasteiger partial charge in [-0.2, -0.15) is 0 Å². The molecule has 1 heterocycles. The van der Waals surface area contributed by atoms with Crippen molar-refractivity contribution < 1.29 is 22.3 Å². The molecule has 162 valence electrons. The van der Waals surface area contributed by atoms with Crippen molar-refractivity contribution in [2.45, 2.75) is 25.2 Å². The average Bonchev–Trinajstić information content (AvgIpc) is 2.71. The minimum Gasteiger partial charge on any atom is -0.495 e. The molecule has 8 heteroatoms. The van der Waals surface area contributed by atoms with Crippen LogP contribution in [0, 0.1) is 17.7 Å². The topological polar surface area (TPSA) is 66.9 Å². The number of likely N-dealkylation sites (tertiary alicyclic amines) is 1. The normalized spacial score (nSPS) is 19.4. The van der Waals surface area contributed by atoms with E-state index in [-0.39, 0.29) is 23.0 Å². The Bertz CT molecular complexity index is 984. The van der Waals surface area contributed by atoms with Crippen LogP contribution >= 0.6 is 0 Å². The second-order valence-corrected chi connectivity index (χ2v) is 9.74. The summed E-state index contributed by atoms with van der Waals surface area (Å²) in [4.78, 5) is 14.8. The fourth-order valence-corrected chi connectivity index (χ4v) is 5.38. The highest BCUT2D eigenvalue weighted by molar-refractivity contribution is 7.92. The van der Waals surface area contributed by atoms with Crippen LogP contribution in [0.4, 0.5) is 10.1 Å². The first-order valence-corrected chi connectivity index (χ1v) is 11.4. The van der Waals surface area contributed by atoms with Gasteiger partial charge in [-0.25, -0.2) is 12.8 Å². The van der Waals surface area contributed by atoms with Crippen molar-refractivity contribution in [3.63, 3.8) is 0 Å². The summed E-state index contributed by atoms with van der Waals surface area (Å²) in [5, 5.41) is 0. The number of piperidine rings is 1. The molecule has 0 aromatic heterocycles. The van der Waals surface area contributed by atoms with Crippen LogP contribution in [0.3, 0.4) is 0 Å². The number of rotatable bonds is 6. The van der Waals surface area contributed by atoms with Gasteiger partial charge < -0.3 is 9.64 Å². The number of halogens is 1. The Hall–Kier alpha value is -2.61. The molecule has 2 atom stereocenters. The summed E-state index contributed by atoms with van der Waals surface area (Å²) < 4.78 is 46.6. The van der Waals surface area contributed by atoms with Gasteiger partial charge in [-0.3, -0.25) is 9.10 Å². The second-order valence-electron chi connectivity index (χ2n) is 7.88. The van der Waals surface area contributed by atoms with Crippen LogP contribution in [0.2, 0.25) is 0 Å². The minimum absolute atomic E-state index is 0.0945. The molecule has 0 bridgehead atoms. The van der Waals surface area contributed by atoms with E-state index in [1.165, 1.54) is 19.2 Å². The van der Waals surface area contributed by atoms with Crippen molar-refractivity contribution in [3.8, 4) is 5.75 Å². The van der Waals surface area contributed by atoms with E-state index in [1.54, 1.807) is 29.2 Å². The van der Waals surface area contributed by atoms with E-state index in [0.29, 0.717) is 30.7 Å². The van der Waals surface area contributed by atoms with Gasteiger partial charge in [0.25, 0.3) is 10.0 Å². The highest BCUT2D eigenvalue weighted by atomic mass is 32.2. The van der Waals surface area contributed by atoms with Crippen molar-refractivity contribution in [2.75, 3.05) is 31.0 Å². The number of benzene rings is 2. The van der Waals surface area contributed by atoms with Gasteiger partial charge in [0.05, 0.1) is 17.7 Å². The highest BCUT2D eigenvalue weighted by Crippen LogP contribution is 2.32. The summed E-state index contributed by atoms with van der Waals surface area (Å²) in [7, 11) is -2.68. The highest BCUT2D eigenvalue weighted by Gasteiger charge is 2.33. The van der Waals surface area contributed by atoms with Crippen LogP contribution in [0.15, 0.2) is 53.4 Å². The fraction of sp³-hybridized carbons (Fsp3) is 0.409. The Balaban J connectivity index is 2.00. The maximum absolute atomic E-state index is 13.4. The smallest absolute Gasteiger partial charge is 0.264 e. The van der Waals surface area contributed by atoms with E-state index >= 15 is 0 Å². The van der Waals surface area contributed by atoms with Crippen LogP contribution in [-0.2, 0) is 14.8 Å². The van der Waals surface area contributed by atoms with Gasteiger partial charge >= 0.3 is 0 Å². The van der Waals surface area contributed by atoms with Gasteiger partial charge in [0.1, 0.15) is 18.1 Å². The van der Waals surface area contributed by atoms with E-state index < -0.39 is 15.8 Å². The Morgan fingerprint density at radius 1 is 1.10 bits per heavy atom. The zero-order valence-electron chi connectivity index (χ0n) is 17.4. The maximum atomic E-state index is 13.4. The molecule has 2 aromatic carbocycles. The Morgan fingerprint density at radius 2 is 1.70 bits per heavy atom. The monoisotopic (exact) mass is 434 g/mol. The molecule has 0 radical (unpaired) electrons. The van der Waals surface area contributed by atoms with Crippen molar-refractivity contribution in [1.82, 2.24) is 4.90 Å². The molecule has 1 saturated heterocycles. The van der Waals surface area contributed by atoms with Crippen molar-refractivity contribution in [3.05, 3.63) is 54.3 Å². The number of carbonyl (C=O) groups is 1. The zero-order chi connectivity index (χ0) is 21.9. The molecule has 0 spiro atoms. The summed E-state index contributed by atoms with van der Waals surface area (Å²) >= 11 is 0. The first kappa shape index (κ1) is 22.1. The summed E-state index contributed by atoms with van der Waals surface area (Å²) in [6.45, 7) is 5.00. The number of carbonyl (C=O) groups excluding carboxylic acids is 1. The number of hydrogen-bond donors (Lipinski definition) is 0. The summed E-state index contributed by atoms with van der Waals surface area (Å²) in [5.74, 6) is 0.226. The molecule has 1 aliphatic heterocycles. The molecule has 2 aromatic rings. The predicted molar refractivity (Wildman–Crippen MR) is 113 cm³/mol. The second kappa shape index (κ2) is 9.04. The third-order valence-corrected chi connectivity index (χ3v) is 7.03. The van der Waals surface area contributed by atoms with Gasteiger partial charge in [-0.15, -0.1) is 0 Å². The van der Waals surface area contributed by atoms with E-state index in [0.717, 1.165) is 22.9 Å². The number of nitrogens with zero attached hydrogens (tertiary/aromatic N) is 2. The molecule has 3 rings (SSSR count). The number of para-hydroxylation sites is 2. The number of sulfonamides is 1. The lowest BCUT2D eigenvalue weighted by Gasteiger charge is -2.36. The molecule has 1 fully saturated rings. The molecular weight excluding hydrogens is 407 g/mol. The van der Waals surface area contributed by atoms with Gasteiger partial charge in [-0.05, 0) is 54.7 Å².